The van der Waals surface area contributed by atoms with Crippen molar-refractivity contribution in [2.75, 3.05) is 11.9 Å². The van der Waals surface area contributed by atoms with Gasteiger partial charge in [0.15, 0.2) is 0 Å². The number of hydrogen-bond acceptors (Lipinski definition) is 4. The SMILES string of the molecule is CC(C)N(CC(O)CC1=Cc2cccc(O)c2NC1=Cc1ccccc1)C(C)C. The number of phenols is 1. The first kappa shape index (κ1) is 21.2. The van der Waals surface area contributed by atoms with E-state index < -0.39 is 6.10 Å². The Morgan fingerprint density at radius 3 is 2.31 bits per heavy atom. The molecular weight excluding hydrogens is 360 g/mol. The van der Waals surface area contributed by atoms with Crippen LogP contribution in [0.3, 0.4) is 0 Å². The summed E-state index contributed by atoms with van der Waals surface area (Å²) in [5.41, 5.74) is 4.65. The van der Waals surface area contributed by atoms with Crippen LogP contribution in [0.4, 0.5) is 5.69 Å². The van der Waals surface area contributed by atoms with Gasteiger partial charge in [0.25, 0.3) is 0 Å². The highest BCUT2D eigenvalue weighted by Gasteiger charge is 2.23. The molecular formula is C25H32N2O2. The molecule has 1 atom stereocenters. The maximum Gasteiger partial charge on any atom is 0.139 e. The van der Waals surface area contributed by atoms with Crippen LogP contribution in [0.2, 0.25) is 0 Å². The summed E-state index contributed by atoms with van der Waals surface area (Å²) in [6.45, 7) is 9.27. The molecule has 3 rings (SSSR count). The van der Waals surface area contributed by atoms with Gasteiger partial charge in [-0.2, -0.15) is 0 Å². The topological polar surface area (TPSA) is 55.7 Å². The van der Waals surface area contributed by atoms with Crippen molar-refractivity contribution in [1.82, 2.24) is 4.90 Å². The first-order chi connectivity index (χ1) is 13.8. The molecule has 0 amide bonds. The van der Waals surface area contributed by atoms with Gasteiger partial charge in [-0.05, 0) is 57.0 Å². The minimum Gasteiger partial charge on any atom is -0.506 e. The molecule has 4 nitrogen and oxygen atoms in total. The molecule has 4 heteroatoms. The number of anilines is 1. The Bertz CT molecular complexity index is 877. The van der Waals surface area contributed by atoms with Crippen molar-refractivity contribution in [2.24, 2.45) is 0 Å². The molecule has 0 radical (unpaired) electrons. The number of allylic oxidation sites excluding steroid dienone is 1. The molecule has 1 aliphatic heterocycles. The Labute approximate surface area is 174 Å². The van der Waals surface area contributed by atoms with Gasteiger partial charge >= 0.3 is 0 Å². The number of rotatable bonds is 7. The molecule has 0 spiro atoms. The van der Waals surface area contributed by atoms with Gasteiger partial charge in [-0.1, -0.05) is 42.5 Å². The van der Waals surface area contributed by atoms with Gasteiger partial charge in [0.1, 0.15) is 5.75 Å². The van der Waals surface area contributed by atoms with Gasteiger partial charge in [0.05, 0.1) is 11.8 Å². The predicted molar refractivity (Wildman–Crippen MR) is 122 cm³/mol. The zero-order valence-corrected chi connectivity index (χ0v) is 17.8. The standard InChI is InChI=1S/C25H32N2O2/c1-17(2)27(18(3)4)16-22(28)15-21-14-20-11-8-12-24(29)25(20)26-23(21)13-19-9-6-5-7-10-19/h5-14,17-18,22,26,28-29H,15-16H2,1-4H3. The molecule has 29 heavy (non-hydrogen) atoms. The van der Waals surface area contributed by atoms with E-state index in [2.05, 4.69) is 50.1 Å². The summed E-state index contributed by atoms with van der Waals surface area (Å²) in [6, 6.07) is 16.3. The average Bonchev–Trinajstić information content (AvgIpc) is 2.67. The van der Waals surface area contributed by atoms with Crippen molar-refractivity contribution in [2.45, 2.75) is 52.3 Å². The number of fused-ring (bicyclic) bond motifs is 1. The van der Waals surface area contributed by atoms with Crippen LogP contribution in [0.1, 0.15) is 45.2 Å². The van der Waals surface area contributed by atoms with Gasteiger partial charge in [-0.15, -0.1) is 0 Å². The van der Waals surface area contributed by atoms with Crippen LogP contribution < -0.4 is 5.32 Å². The quantitative estimate of drug-likeness (QED) is 0.573. The summed E-state index contributed by atoms with van der Waals surface area (Å²) in [5, 5.41) is 24.5. The van der Waals surface area contributed by atoms with E-state index in [1.165, 1.54) is 0 Å². The Morgan fingerprint density at radius 2 is 1.66 bits per heavy atom. The summed E-state index contributed by atoms with van der Waals surface area (Å²) < 4.78 is 0. The van der Waals surface area contributed by atoms with Crippen LogP contribution in [-0.2, 0) is 0 Å². The van der Waals surface area contributed by atoms with Crippen molar-refractivity contribution in [1.29, 1.82) is 0 Å². The molecule has 1 heterocycles. The van der Waals surface area contributed by atoms with E-state index in [-0.39, 0.29) is 5.75 Å². The summed E-state index contributed by atoms with van der Waals surface area (Å²) in [6.07, 6.45) is 4.19. The largest absolute Gasteiger partial charge is 0.506 e. The van der Waals surface area contributed by atoms with E-state index >= 15 is 0 Å². The minimum atomic E-state index is -0.481. The number of para-hydroxylation sites is 1. The number of nitrogens with one attached hydrogen (secondary N) is 1. The number of aliphatic hydroxyl groups excluding tert-OH is 1. The molecule has 0 bridgehead atoms. The Balaban J connectivity index is 1.90. The van der Waals surface area contributed by atoms with Crippen molar-refractivity contribution in [3.63, 3.8) is 0 Å². The van der Waals surface area contributed by atoms with Crippen molar-refractivity contribution in [3.05, 3.63) is 70.9 Å². The number of benzene rings is 2. The van der Waals surface area contributed by atoms with E-state index in [1.54, 1.807) is 6.07 Å². The second-order valence-electron chi connectivity index (χ2n) is 8.25. The molecule has 0 fully saturated rings. The van der Waals surface area contributed by atoms with Gasteiger partial charge < -0.3 is 15.5 Å². The first-order valence-electron chi connectivity index (χ1n) is 10.4. The van der Waals surface area contributed by atoms with Gasteiger partial charge in [0.2, 0.25) is 0 Å². The second-order valence-corrected chi connectivity index (χ2v) is 8.25. The molecule has 2 aromatic rings. The van der Waals surface area contributed by atoms with Gasteiger partial charge in [0, 0.05) is 36.3 Å². The van der Waals surface area contributed by atoms with Crippen LogP contribution in [-0.4, -0.2) is 39.8 Å². The summed E-state index contributed by atoms with van der Waals surface area (Å²) in [5.74, 6) is 0.225. The molecule has 3 N–H and O–H groups in total. The molecule has 0 aromatic heterocycles. The van der Waals surface area contributed by atoms with E-state index in [0.717, 1.165) is 22.4 Å². The highest BCUT2D eigenvalue weighted by molar-refractivity contribution is 5.84. The third-order valence-corrected chi connectivity index (χ3v) is 5.32. The van der Waals surface area contributed by atoms with E-state index in [0.29, 0.717) is 30.7 Å². The van der Waals surface area contributed by atoms with Crippen molar-refractivity contribution in [3.8, 4) is 5.75 Å². The average molecular weight is 393 g/mol. The molecule has 2 aromatic carbocycles. The highest BCUT2D eigenvalue weighted by atomic mass is 16.3. The fourth-order valence-electron chi connectivity index (χ4n) is 3.89. The summed E-state index contributed by atoms with van der Waals surface area (Å²) in [4.78, 5) is 2.31. The van der Waals surface area contributed by atoms with E-state index in [1.807, 2.05) is 42.5 Å². The molecule has 154 valence electrons. The number of phenolic OH excluding ortho intramolecular Hbond substituents is 1. The van der Waals surface area contributed by atoms with Crippen LogP contribution in [0.5, 0.6) is 5.75 Å². The lowest BCUT2D eigenvalue weighted by atomic mass is 9.95. The lowest BCUT2D eigenvalue weighted by molar-refractivity contribution is 0.0763. The van der Waals surface area contributed by atoms with E-state index in [9.17, 15) is 10.2 Å². The number of aromatic hydroxyl groups is 1. The van der Waals surface area contributed by atoms with Crippen LogP contribution >= 0.6 is 0 Å². The van der Waals surface area contributed by atoms with E-state index in [4.69, 9.17) is 0 Å². The lowest BCUT2D eigenvalue weighted by Gasteiger charge is -2.33. The van der Waals surface area contributed by atoms with Crippen LogP contribution in [0.25, 0.3) is 12.2 Å². The Kier molecular flexibility index (Phi) is 6.78. The Morgan fingerprint density at radius 1 is 0.966 bits per heavy atom. The van der Waals surface area contributed by atoms with Crippen molar-refractivity contribution >= 4 is 17.8 Å². The van der Waals surface area contributed by atoms with Crippen molar-refractivity contribution < 1.29 is 10.2 Å². The maximum absolute atomic E-state index is 10.9. The van der Waals surface area contributed by atoms with Gasteiger partial charge in [-0.25, -0.2) is 0 Å². The Hall–Kier alpha value is -2.56. The number of hydrogen-bond donors (Lipinski definition) is 3. The van der Waals surface area contributed by atoms with Crippen LogP contribution in [0.15, 0.2) is 59.8 Å². The third-order valence-electron chi connectivity index (χ3n) is 5.32. The number of aliphatic hydroxyl groups is 1. The normalized spacial score (nSPS) is 16.1. The summed E-state index contributed by atoms with van der Waals surface area (Å²) >= 11 is 0. The zero-order valence-electron chi connectivity index (χ0n) is 17.8. The number of nitrogens with zero attached hydrogens (tertiary/aromatic N) is 1. The molecule has 1 unspecified atom stereocenters. The monoisotopic (exact) mass is 392 g/mol. The van der Waals surface area contributed by atoms with Crippen LogP contribution in [0, 0.1) is 0 Å². The first-order valence-corrected chi connectivity index (χ1v) is 10.4. The zero-order chi connectivity index (χ0) is 21.0. The fraction of sp³-hybridized carbons (Fsp3) is 0.360. The third kappa shape index (κ3) is 5.28. The summed E-state index contributed by atoms with van der Waals surface area (Å²) in [7, 11) is 0. The smallest absolute Gasteiger partial charge is 0.139 e. The molecule has 0 saturated heterocycles. The van der Waals surface area contributed by atoms with Gasteiger partial charge in [-0.3, -0.25) is 4.90 Å². The lowest BCUT2D eigenvalue weighted by Crippen LogP contribution is -2.42. The predicted octanol–water partition coefficient (Wildman–Crippen LogP) is 5.11. The molecule has 0 aliphatic carbocycles. The highest BCUT2D eigenvalue weighted by Crippen LogP contribution is 2.37. The minimum absolute atomic E-state index is 0.225. The fourth-order valence-corrected chi connectivity index (χ4v) is 3.89. The maximum atomic E-state index is 10.9. The molecule has 0 saturated carbocycles. The second kappa shape index (κ2) is 9.29. The molecule has 1 aliphatic rings.